The number of ether oxygens (including phenoxy) is 1. The lowest BCUT2D eigenvalue weighted by Crippen LogP contribution is -2.34. The van der Waals surface area contributed by atoms with Gasteiger partial charge in [0.2, 0.25) is 0 Å². The molecule has 6 heteroatoms. The minimum absolute atomic E-state index is 0.301. The van der Waals surface area contributed by atoms with E-state index < -0.39 is 6.10 Å². The van der Waals surface area contributed by atoms with Crippen molar-refractivity contribution >= 4 is 34.6 Å². The van der Waals surface area contributed by atoms with E-state index in [0.29, 0.717) is 10.8 Å². The first-order valence-corrected chi connectivity index (χ1v) is 8.04. The van der Waals surface area contributed by atoms with Crippen molar-refractivity contribution in [2.45, 2.75) is 26.9 Å². The Hall–Kier alpha value is -1.85. The molecule has 2 rings (SSSR count). The second-order valence-corrected chi connectivity index (χ2v) is 6.20. The summed E-state index contributed by atoms with van der Waals surface area (Å²) >= 11 is 7.47. The van der Waals surface area contributed by atoms with Gasteiger partial charge in [0.25, 0.3) is 5.91 Å². The first-order chi connectivity index (χ1) is 10.5. The second-order valence-electron chi connectivity index (χ2n) is 4.82. The molecule has 0 spiro atoms. The summed E-state index contributed by atoms with van der Waals surface area (Å²) in [5.74, 6) is 0.330. The molecule has 1 amide bonds. The number of hydrazone groups is 1. The van der Waals surface area contributed by atoms with E-state index in [2.05, 4.69) is 10.5 Å². The summed E-state index contributed by atoms with van der Waals surface area (Å²) in [6, 6.07) is 9.17. The van der Waals surface area contributed by atoms with Crippen LogP contribution < -0.4 is 10.2 Å². The number of carbonyl (C=O) groups is 1. The Kier molecular flexibility index (Phi) is 5.57. The van der Waals surface area contributed by atoms with Crippen LogP contribution in [0.1, 0.15) is 24.3 Å². The van der Waals surface area contributed by atoms with Crippen LogP contribution in [0.4, 0.5) is 0 Å². The van der Waals surface area contributed by atoms with Crippen LogP contribution in [0, 0.1) is 6.92 Å². The van der Waals surface area contributed by atoms with Crippen LogP contribution in [0.2, 0.25) is 5.02 Å². The summed E-state index contributed by atoms with van der Waals surface area (Å²) in [5.41, 5.74) is 4.17. The number of nitrogens with zero attached hydrogens (tertiary/aromatic N) is 1. The third-order valence-corrected chi connectivity index (χ3v) is 4.24. The maximum Gasteiger partial charge on any atom is 0.280 e. The number of aryl methyl sites for hydroxylation is 1. The van der Waals surface area contributed by atoms with Crippen LogP contribution >= 0.6 is 22.9 Å². The molecule has 0 aliphatic heterocycles. The zero-order valence-corrected chi connectivity index (χ0v) is 14.2. The molecule has 0 aliphatic carbocycles. The molecular weight excluding hydrogens is 320 g/mol. The molecule has 0 saturated carbocycles. The van der Waals surface area contributed by atoms with Crippen molar-refractivity contribution in [2.75, 3.05) is 0 Å². The lowest BCUT2D eigenvalue weighted by molar-refractivity contribution is -0.127. The Morgan fingerprint density at radius 2 is 2.18 bits per heavy atom. The van der Waals surface area contributed by atoms with Gasteiger partial charge in [-0.15, -0.1) is 11.3 Å². The third-order valence-electron chi connectivity index (χ3n) is 3.02. The molecule has 1 atom stereocenters. The van der Waals surface area contributed by atoms with Gasteiger partial charge in [0.05, 0.1) is 5.71 Å². The summed E-state index contributed by atoms with van der Waals surface area (Å²) in [7, 11) is 0. The number of amides is 1. The standard InChI is InChI=1S/C16H17ClN2O2S/c1-10-9-13(17)6-7-14(10)21-12(3)16(20)19-18-11(2)15-5-4-8-22-15/h4-9,12H,1-3H3,(H,19,20)/t12-/m0/s1. The fourth-order valence-corrected chi connectivity index (χ4v) is 2.66. The van der Waals surface area contributed by atoms with Gasteiger partial charge >= 0.3 is 0 Å². The fourth-order valence-electron chi connectivity index (χ4n) is 1.76. The Labute approximate surface area is 138 Å². The highest BCUT2D eigenvalue weighted by atomic mass is 35.5. The molecule has 0 bridgehead atoms. The van der Waals surface area contributed by atoms with Crippen LogP contribution in [0.25, 0.3) is 0 Å². The zero-order valence-electron chi connectivity index (χ0n) is 12.6. The average molecular weight is 337 g/mol. The van der Waals surface area contributed by atoms with E-state index in [0.717, 1.165) is 16.2 Å². The first-order valence-electron chi connectivity index (χ1n) is 6.78. The van der Waals surface area contributed by atoms with Gasteiger partial charge in [-0.05, 0) is 56.0 Å². The molecule has 0 fully saturated rings. The quantitative estimate of drug-likeness (QED) is 0.662. The largest absolute Gasteiger partial charge is 0.481 e. The second kappa shape index (κ2) is 7.42. The summed E-state index contributed by atoms with van der Waals surface area (Å²) in [6.07, 6.45) is -0.653. The van der Waals surface area contributed by atoms with Crippen molar-refractivity contribution in [3.8, 4) is 5.75 Å². The number of rotatable bonds is 5. The molecule has 2 aromatic rings. The highest BCUT2D eigenvalue weighted by molar-refractivity contribution is 7.12. The average Bonchev–Trinajstić information content (AvgIpc) is 3.01. The molecule has 0 aliphatic rings. The van der Waals surface area contributed by atoms with Crippen LogP contribution in [0.3, 0.4) is 0 Å². The van der Waals surface area contributed by atoms with Gasteiger partial charge in [0, 0.05) is 9.90 Å². The molecule has 1 heterocycles. The van der Waals surface area contributed by atoms with Crippen LogP contribution in [0.15, 0.2) is 40.8 Å². The molecule has 1 aromatic carbocycles. The molecule has 1 aromatic heterocycles. The molecular formula is C16H17ClN2O2S. The lowest BCUT2D eigenvalue weighted by Gasteiger charge is -2.15. The summed E-state index contributed by atoms with van der Waals surface area (Å²) < 4.78 is 5.65. The van der Waals surface area contributed by atoms with Crippen LogP contribution in [0.5, 0.6) is 5.75 Å². The van der Waals surface area contributed by atoms with Crippen LogP contribution in [-0.4, -0.2) is 17.7 Å². The van der Waals surface area contributed by atoms with Crippen LogP contribution in [-0.2, 0) is 4.79 Å². The van der Waals surface area contributed by atoms with Gasteiger partial charge in [-0.1, -0.05) is 17.7 Å². The van der Waals surface area contributed by atoms with Gasteiger partial charge in [0.1, 0.15) is 5.75 Å². The maximum atomic E-state index is 12.0. The van der Waals surface area contributed by atoms with Gasteiger partial charge in [-0.2, -0.15) is 5.10 Å². The summed E-state index contributed by atoms with van der Waals surface area (Å²) in [5, 5.41) is 6.69. The number of nitrogens with one attached hydrogen (secondary N) is 1. The molecule has 116 valence electrons. The van der Waals surface area contributed by atoms with E-state index in [4.69, 9.17) is 16.3 Å². The van der Waals surface area contributed by atoms with E-state index in [-0.39, 0.29) is 5.91 Å². The summed E-state index contributed by atoms with van der Waals surface area (Å²) in [6.45, 7) is 5.41. The number of hydrogen-bond donors (Lipinski definition) is 1. The number of halogens is 1. The predicted molar refractivity (Wildman–Crippen MR) is 91.0 cm³/mol. The summed E-state index contributed by atoms with van der Waals surface area (Å²) in [4.78, 5) is 13.0. The van der Waals surface area contributed by atoms with Gasteiger partial charge in [0.15, 0.2) is 6.10 Å². The highest BCUT2D eigenvalue weighted by Gasteiger charge is 2.15. The van der Waals surface area contributed by atoms with E-state index in [1.165, 1.54) is 0 Å². The zero-order chi connectivity index (χ0) is 16.1. The van der Waals surface area contributed by atoms with E-state index in [1.807, 2.05) is 31.4 Å². The van der Waals surface area contributed by atoms with Crippen molar-refractivity contribution in [3.63, 3.8) is 0 Å². The number of benzene rings is 1. The van der Waals surface area contributed by atoms with Gasteiger partial charge in [-0.25, -0.2) is 5.43 Å². The molecule has 0 saturated heterocycles. The Morgan fingerprint density at radius 3 is 2.82 bits per heavy atom. The third kappa shape index (κ3) is 4.32. The van der Waals surface area contributed by atoms with Crippen molar-refractivity contribution in [1.29, 1.82) is 0 Å². The topological polar surface area (TPSA) is 50.7 Å². The van der Waals surface area contributed by atoms with E-state index >= 15 is 0 Å². The fraction of sp³-hybridized carbons (Fsp3) is 0.250. The first kappa shape index (κ1) is 16.5. The van der Waals surface area contributed by atoms with Crippen molar-refractivity contribution < 1.29 is 9.53 Å². The smallest absolute Gasteiger partial charge is 0.280 e. The highest BCUT2D eigenvalue weighted by Crippen LogP contribution is 2.22. The maximum absolute atomic E-state index is 12.0. The SMILES string of the molecule is CC(=NNC(=O)[C@H](C)Oc1ccc(Cl)cc1C)c1cccs1. The molecule has 4 nitrogen and oxygen atoms in total. The van der Waals surface area contributed by atoms with Crippen molar-refractivity contribution in [1.82, 2.24) is 5.43 Å². The number of carbonyl (C=O) groups excluding carboxylic acids is 1. The van der Waals surface area contributed by atoms with Crippen molar-refractivity contribution in [3.05, 3.63) is 51.2 Å². The van der Waals surface area contributed by atoms with E-state index in [9.17, 15) is 4.79 Å². The number of hydrogen-bond acceptors (Lipinski definition) is 4. The monoisotopic (exact) mass is 336 g/mol. The molecule has 1 N–H and O–H groups in total. The Bertz CT molecular complexity index is 683. The van der Waals surface area contributed by atoms with Gasteiger partial charge in [-0.3, -0.25) is 4.79 Å². The Balaban J connectivity index is 1.96. The minimum atomic E-state index is -0.653. The molecule has 0 radical (unpaired) electrons. The van der Waals surface area contributed by atoms with Crippen molar-refractivity contribution in [2.24, 2.45) is 5.10 Å². The normalized spacial score (nSPS) is 12.8. The number of thiophene rings is 1. The van der Waals surface area contributed by atoms with Gasteiger partial charge < -0.3 is 4.74 Å². The molecule has 0 unspecified atom stereocenters. The molecule has 22 heavy (non-hydrogen) atoms. The minimum Gasteiger partial charge on any atom is -0.481 e. The predicted octanol–water partition coefficient (Wildman–Crippen LogP) is 4.02. The lowest BCUT2D eigenvalue weighted by atomic mass is 10.2. The van der Waals surface area contributed by atoms with E-state index in [1.54, 1.807) is 36.5 Å². The Morgan fingerprint density at radius 1 is 1.41 bits per heavy atom.